The van der Waals surface area contributed by atoms with Gasteiger partial charge in [-0.15, -0.1) is 0 Å². The summed E-state index contributed by atoms with van der Waals surface area (Å²) in [5.41, 5.74) is 0.552. The third-order valence-corrected chi connectivity index (χ3v) is 5.59. The predicted octanol–water partition coefficient (Wildman–Crippen LogP) is 1.32. The maximum absolute atomic E-state index is 12.7. The van der Waals surface area contributed by atoms with Gasteiger partial charge in [-0.3, -0.25) is 9.59 Å². The van der Waals surface area contributed by atoms with Gasteiger partial charge in [0.05, 0.1) is 21.6 Å². The summed E-state index contributed by atoms with van der Waals surface area (Å²) in [5, 5.41) is 22.2. The molecule has 30 heavy (non-hydrogen) atoms. The summed E-state index contributed by atoms with van der Waals surface area (Å²) in [6.07, 6.45) is -0.213. The van der Waals surface area contributed by atoms with Gasteiger partial charge in [0.15, 0.2) is 9.84 Å². The molecule has 11 heteroatoms. The second kappa shape index (κ2) is 9.23. The largest absolute Gasteiger partial charge is 0.391 e. The first kappa shape index (κ1) is 23.3. The molecule has 0 spiro atoms. The second-order valence-electron chi connectivity index (χ2n) is 6.48. The lowest BCUT2D eigenvalue weighted by atomic mass is 10.1. The van der Waals surface area contributed by atoms with Gasteiger partial charge >= 0.3 is 0 Å². The molecule has 0 heterocycles. The molecule has 2 rings (SSSR count). The molecule has 0 saturated heterocycles. The standard InChI is InChI=1S/C19H19ClN4O5S/c1-11(25)17(23-14-6-3-13(10-21)16(20)9-14)19(27)24(22)18(26)12-4-7-15(8-5-12)30(2,28)29/h3-9,11,17,23,25H,22H2,1-2H3. The third-order valence-electron chi connectivity index (χ3n) is 4.15. The molecule has 9 nitrogen and oxygen atoms in total. The van der Waals surface area contributed by atoms with Gasteiger partial charge in [0.2, 0.25) is 0 Å². The first-order valence-electron chi connectivity index (χ1n) is 8.53. The molecule has 0 aliphatic carbocycles. The lowest BCUT2D eigenvalue weighted by Gasteiger charge is -2.25. The molecule has 0 radical (unpaired) electrons. The zero-order valence-corrected chi connectivity index (χ0v) is 17.6. The number of hydrogen-bond acceptors (Lipinski definition) is 8. The number of aliphatic hydroxyl groups is 1. The topological polar surface area (TPSA) is 154 Å². The summed E-state index contributed by atoms with van der Waals surface area (Å²) in [6, 6.07) is 9.84. The number of hydrogen-bond donors (Lipinski definition) is 3. The van der Waals surface area contributed by atoms with E-state index in [0.717, 1.165) is 6.26 Å². The molecule has 0 aromatic heterocycles. The van der Waals surface area contributed by atoms with Crippen LogP contribution in [0.2, 0.25) is 5.02 Å². The number of benzene rings is 2. The van der Waals surface area contributed by atoms with E-state index in [2.05, 4.69) is 5.32 Å². The first-order chi connectivity index (χ1) is 14.0. The molecule has 0 aliphatic heterocycles. The molecule has 2 amide bonds. The Hall–Kier alpha value is -2.97. The van der Waals surface area contributed by atoms with Gasteiger partial charge in [-0.05, 0) is 49.4 Å². The Morgan fingerprint density at radius 3 is 2.30 bits per heavy atom. The van der Waals surface area contributed by atoms with Gasteiger partial charge in [0.25, 0.3) is 11.8 Å². The minimum atomic E-state index is -3.45. The maximum atomic E-state index is 12.7. The molecule has 2 atom stereocenters. The number of aliphatic hydroxyl groups excluding tert-OH is 1. The van der Waals surface area contributed by atoms with E-state index in [4.69, 9.17) is 22.7 Å². The number of nitrogens with one attached hydrogen (secondary N) is 1. The Labute approximate surface area is 178 Å². The predicted molar refractivity (Wildman–Crippen MR) is 110 cm³/mol. The summed E-state index contributed by atoms with van der Waals surface area (Å²) < 4.78 is 23.0. The van der Waals surface area contributed by atoms with Gasteiger partial charge in [0, 0.05) is 17.5 Å². The molecule has 0 fully saturated rings. The van der Waals surface area contributed by atoms with Crippen molar-refractivity contribution >= 4 is 38.9 Å². The molecule has 0 saturated carbocycles. The molecule has 2 aromatic rings. The fourth-order valence-electron chi connectivity index (χ4n) is 2.50. The highest BCUT2D eigenvalue weighted by Crippen LogP contribution is 2.21. The van der Waals surface area contributed by atoms with E-state index < -0.39 is 33.8 Å². The van der Waals surface area contributed by atoms with Crippen molar-refractivity contribution < 1.29 is 23.1 Å². The Bertz CT molecular complexity index is 1110. The number of amides is 2. The number of carbonyl (C=O) groups is 2. The molecule has 4 N–H and O–H groups in total. The van der Waals surface area contributed by atoms with E-state index in [1.165, 1.54) is 49.4 Å². The van der Waals surface area contributed by atoms with Gasteiger partial charge < -0.3 is 10.4 Å². The number of halogens is 1. The van der Waals surface area contributed by atoms with Gasteiger partial charge in [-0.25, -0.2) is 19.3 Å². The highest BCUT2D eigenvalue weighted by molar-refractivity contribution is 7.90. The van der Waals surface area contributed by atoms with Crippen molar-refractivity contribution in [2.75, 3.05) is 11.6 Å². The lowest BCUT2D eigenvalue weighted by Crippen LogP contribution is -2.53. The summed E-state index contributed by atoms with van der Waals surface area (Å²) in [7, 11) is -3.45. The number of carbonyl (C=O) groups excluding carboxylic acids is 2. The molecule has 2 unspecified atom stereocenters. The van der Waals surface area contributed by atoms with Crippen LogP contribution in [0.15, 0.2) is 47.4 Å². The van der Waals surface area contributed by atoms with Crippen LogP contribution in [-0.2, 0) is 14.6 Å². The fourth-order valence-corrected chi connectivity index (χ4v) is 3.35. The van der Waals surface area contributed by atoms with Crippen LogP contribution in [0.4, 0.5) is 5.69 Å². The third kappa shape index (κ3) is 5.34. The van der Waals surface area contributed by atoms with Gasteiger partial charge in [0.1, 0.15) is 12.1 Å². The summed E-state index contributed by atoms with van der Waals surface area (Å²) in [6.45, 7) is 1.33. The van der Waals surface area contributed by atoms with Gasteiger partial charge in [-0.2, -0.15) is 5.26 Å². The molecule has 158 valence electrons. The van der Waals surface area contributed by atoms with Crippen LogP contribution in [0.25, 0.3) is 0 Å². The Morgan fingerprint density at radius 2 is 1.83 bits per heavy atom. The van der Waals surface area contributed by atoms with E-state index >= 15 is 0 Å². The van der Waals surface area contributed by atoms with E-state index in [0.29, 0.717) is 10.7 Å². The van der Waals surface area contributed by atoms with E-state index in [1.54, 1.807) is 0 Å². The molecule has 0 aliphatic rings. The highest BCUT2D eigenvalue weighted by Gasteiger charge is 2.31. The fraction of sp³-hybridized carbons (Fsp3) is 0.211. The first-order valence-corrected chi connectivity index (χ1v) is 10.8. The number of sulfone groups is 1. The van der Waals surface area contributed by atoms with Crippen molar-refractivity contribution in [2.24, 2.45) is 5.84 Å². The Morgan fingerprint density at radius 1 is 1.23 bits per heavy atom. The van der Waals surface area contributed by atoms with Gasteiger partial charge in [-0.1, -0.05) is 11.6 Å². The second-order valence-corrected chi connectivity index (χ2v) is 8.90. The van der Waals surface area contributed by atoms with Crippen molar-refractivity contribution in [3.05, 3.63) is 58.6 Å². The number of rotatable bonds is 6. The van der Waals surface area contributed by atoms with Crippen molar-refractivity contribution in [3.63, 3.8) is 0 Å². The Kier molecular flexibility index (Phi) is 7.17. The van der Waals surface area contributed by atoms with E-state index in [1.807, 2.05) is 6.07 Å². The monoisotopic (exact) mass is 450 g/mol. The van der Waals surface area contributed by atoms with Crippen molar-refractivity contribution in [1.82, 2.24) is 5.01 Å². The van der Waals surface area contributed by atoms with Crippen LogP contribution in [0, 0.1) is 11.3 Å². The normalized spacial score (nSPS) is 13.1. The van der Waals surface area contributed by atoms with Crippen LogP contribution >= 0.6 is 11.6 Å². The molecular formula is C19H19ClN4O5S. The molecule has 2 aromatic carbocycles. The van der Waals surface area contributed by atoms with Crippen molar-refractivity contribution in [2.45, 2.75) is 24.0 Å². The van der Waals surface area contributed by atoms with Crippen LogP contribution in [0.1, 0.15) is 22.8 Å². The van der Waals surface area contributed by atoms with Crippen LogP contribution in [-0.4, -0.2) is 48.7 Å². The smallest absolute Gasteiger partial charge is 0.274 e. The number of nitrogens with two attached hydrogens (primary N) is 1. The molecular weight excluding hydrogens is 432 g/mol. The van der Waals surface area contributed by atoms with Crippen LogP contribution in [0.3, 0.4) is 0 Å². The summed E-state index contributed by atoms with van der Waals surface area (Å²) in [5.74, 6) is 3.87. The highest BCUT2D eigenvalue weighted by atomic mass is 35.5. The average molecular weight is 451 g/mol. The zero-order chi connectivity index (χ0) is 22.6. The lowest BCUT2D eigenvalue weighted by molar-refractivity contribution is -0.131. The minimum Gasteiger partial charge on any atom is -0.391 e. The SMILES string of the molecule is CC(O)C(Nc1ccc(C#N)c(Cl)c1)C(=O)N(N)C(=O)c1ccc(S(C)(=O)=O)cc1. The number of anilines is 1. The zero-order valence-electron chi connectivity index (χ0n) is 16.0. The van der Waals surface area contributed by atoms with E-state index in [-0.39, 0.29) is 21.0 Å². The van der Waals surface area contributed by atoms with Crippen molar-refractivity contribution in [3.8, 4) is 6.07 Å². The van der Waals surface area contributed by atoms with E-state index in [9.17, 15) is 23.1 Å². The van der Waals surface area contributed by atoms with Crippen molar-refractivity contribution in [1.29, 1.82) is 5.26 Å². The van der Waals surface area contributed by atoms with Crippen LogP contribution < -0.4 is 11.2 Å². The Balaban J connectivity index is 2.23. The quantitative estimate of drug-likeness (QED) is 0.338. The number of nitriles is 1. The van der Waals surface area contributed by atoms with Crippen LogP contribution in [0.5, 0.6) is 0 Å². The number of nitrogens with zero attached hydrogens (tertiary/aromatic N) is 2. The average Bonchev–Trinajstić information content (AvgIpc) is 2.69. The number of imide groups is 1. The maximum Gasteiger partial charge on any atom is 0.274 e. The minimum absolute atomic E-state index is 0.00941. The summed E-state index contributed by atoms with van der Waals surface area (Å²) in [4.78, 5) is 25.3. The summed E-state index contributed by atoms with van der Waals surface area (Å²) >= 11 is 5.97. The molecule has 0 bridgehead atoms. The number of hydrazine groups is 1.